The Balaban J connectivity index is 1.89. The molecule has 24 heavy (non-hydrogen) atoms. The fourth-order valence-corrected chi connectivity index (χ4v) is 3.77. The standard InChI is InChI=1S/C16H15F3N2O2S/c1-10-7-11-8-14(5-6-15(11)20-10)24(22,23)21-13-4-2-3-12(9-13)16(17,18)19/h2-6,8-10,20-21H,7H2,1H3/t10-/m0/s1. The second-order valence-electron chi connectivity index (χ2n) is 5.75. The molecule has 1 aliphatic rings. The zero-order chi connectivity index (χ0) is 17.5. The predicted octanol–water partition coefficient (Wildman–Crippen LogP) is 3.86. The van der Waals surface area contributed by atoms with Gasteiger partial charge in [0.05, 0.1) is 10.5 Å². The summed E-state index contributed by atoms with van der Waals surface area (Å²) in [7, 11) is -3.96. The monoisotopic (exact) mass is 356 g/mol. The van der Waals surface area contributed by atoms with Gasteiger partial charge >= 0.3 is 6.18 Å². The molecule has 128 valence electrons. The largest absolute Gasteiger partial charge is 0.416 e. The summed E-state index contributed by atoms with van der Waals surface area (Å²) in [6, 6.07) is 8.96. The summed E-state index contributed by atoms with van der Waals surface area (Å²) in [4.78, 5) is 0.0227. The molecule has 4 nitrogen and oxygen atoms in total. The highest BCUT2D eigenvalue weighted by Crippen LogP contribution is 2.32. The maximum Gasteiger partial charge on any atom is 0.416 e. The Hall–Kier alpha value is -2.22. The first kappa shape index (κ1) is 16.6. The highest BCUT2D eigenvalue weighted by molar-refractivity contribution is 7.92. The van der Waals surface area contributed by atoms with Crippen molar-refractivity contribution in [1.29, 1.82) is 0 Å². The van der Waals surface area contributed by atoms with Gasteiger partial charge in [-0.2, -0.15) is 13.2 Å². The van der Waals surface area contributed by atoms with E-state index in [1.54, 1.807) is 12.1 Å². The lowest BCUT2D eigenvalue weighted by Gasteiger charge is -2.12. The second kappa shape index (κ2) is 5.70. The Kier molecular flexibility index (Phi) is 3.95. The summed E-state index contributed by atoms with van der Waals surface area (Å²) < 4.78 is 65.2. The third kappa shape index (κ3) is 3.33. The second-order valence-corrected chi connectivity index (χ2v) is 7.43. The Morgan fingerprint density at radius 2 is 1.92 bits per heavy atom. The van der Waals surface area contributed by atoms with E-state index < -0.39 is 21.8 Å². The number of hydrogen-bond acceptors (Lipinski definition) is 3. The molecule has 0 saturated carbocycles. The smallest absolute Gasteiger partial charge is 0.382 e. The topological polar surface area (TPSA) is 58.2 Å². The van der Waals surface area contributed by atoms with Crippen molar-refractivity contribution in [2.75, 3.05) is 10.0 Å². The highest BCUT2D eigenvalue weighted by atomic mass is 32.2. The molecule has 0 radical (unpaired) electrons. The summed E-state index contributed by atoms with van der Waals surface area (Å²) in [6.07, 6.45) is -3.83. The average Bonchev–Trinajstić information content (AvgIpc) is 2.85. The van der Waals surface area contributed by atoms with Gasteiger partial charge in [-0.05, 0) is 55.3 Å². The van der Waals surface area contributed by atoms with Gasteiger partial charge in [0, 0.05) is 17.4 Å². The molecule has 1 aliphatic heterocycles. The van der Waals surface area contributed by atoms with E-state index in [4.69, 9.17) is 0 Å². The predicted molar refractivity (Wildman–Crippen MR) is 85.5 cm³/mol. The van der Waals surface area contributed by atoms with E-state index in [-0.39, 0.29) is 16.6 Å². The van der Waals surface area contributed by atoms with Crippen LogP contribution in [0.1, 0.15) is 18.1 Å². The Morgan fingerprint density at radius 1 is 1.17 bits per heavy atom. The molecule has 0 bridgehead atoms. The van der Waals surface area contributed by atoms with Gasteiger partial charge in [-0.25, -0.2) is 8.42 Å². The summed E-state index contributed by atoms with van der Waals surface area (Å²) in [5.41, 5.74) is 0.710. The van der Waals surface area contributed by atoms with Gasteiger partial charge in [0.2, 0.25) is 0 Å². The van der Waals surface area contributed by atoms with Crippen molar-refractivity contribution in [2.45, 2.75) is 30.5 Å². The lowest BCUT2D eigenvalue weighted by Crippen LogP contribution is -2.14. The lowest BCUT2D eigenvalue weighted by molar-refractivity contribution is -0.137. The molecule has 0 unspecified atom stereocenters. The molecule has 1 heterocycles. The molecule has 2 aromatic carbocycles. The van der Waals surface area contributed by atoms with Crippen LogP contribution in [0.25, 0.3) is 0 Å². The van der Waals surface area contributed by atoms with E-state index in [1.165, 1.54) is 12.1 Å². The highest BCUT2D eigenvalue weighted by Gasteiger charge is 2.31. The van der Waals surface area contributed by atoms with E-state index in [0.29, 0.717) is 6.42 Å². The maximum absolute atomic E-state index is 12.7. The Bertz CT molecular complexity index is 879. The Labute approximate surface area is 137 Å². The number of benzene rings is 2. The molecule has 8 heteroatoms. The number of alkyl halides is 3. The number of sulfonamides is 1. The quantitative estimate of drug-likeness (QED) is 0.878. The van der Waals surface area contributed by atoms with Crippen LogP contribution >= 0.6 is 0 Å². The van der Waals surface area contributed by atoms with Gasteiger partial charge in [0.15, 0.2) is 0 Å². The van der Waals surface area contributed by atoms with Crippen molar-refractivity contribution in [1.82, 2.24) is 0 Å². The number of anilines is 2. The number of halogens is 3. The summed E-state index contributed by atoms with van der Waals surface area (Å²) in [5, 5.41) is 3.21. The molecule has 2 aromatic rings. The first-order valence-electron chi connectivity index (χ1n) is 7.25. The summed E-state index contributed by atoms with van der Waals surface area (Å²) in [5.74, 6) is 0. The molecule has 0 aromatic heterocycles. The zero-order valence-corrected chi connectivity index (χ0v) is 13.5. The molecule has 0 saturated heterocycles. The van der Waals surface area contributed by atoms with Crippen molar-refractivity contribution in [3.63, 3.8) is 0 Å². The minimum Gasteiger partial charge on any atom is -0.382 e. The number of hydrogen-bond donors (Lipinski definition) is 2. The molecule has 2 N–H and O–H groups in total. The van der Waals surface area contributed by atoms with Gasteiger partial charge in [0.1, 0.15) is 0 Å². The van der Waals surface area contributed by atoms with Crippen LogP contribution in [0.3, 0.4) is 0 Å². The molecule has 3 rings (SSSR count). The number of fused-ring (bicyclic) bond motifs is 1. The molecule has 0 amide bonds. The van der Waals surface area contributed by atoms with Crippen molar-refractivity contribution >= 4 is 21.4 Å². The van der Waals surface area contributed by atoms with Gasteiger partial charge in [0.25, 0.3) is 10.0 Å². The van der Waals surface area contributed by atoms with E-state index >= 15 is 0 Å². The zero-order valence-electron chi connectivity index (χ0n) is 12.7. The van der Waals surface area contributed by atoms with Crippen LogP contribution in [-0.2, 0) is 22.6 Å². The first-order chi connectivity index (χ1) is 11.1. The van der Waals surface area contributed by atoms with Gasteiger partial charge < -0.3 is 5.32 Å². The average molecular weight is 356 g/mol. The van der Waals surface area contributed by atoms with Crippen molar-refractivity contribution in [3.05, 3.63) is 53.6 Å². The van der Waals surface area contributed by atoms with E-state index in [0.717, 1.165) is 29.4 Å². The van der Waals surface area contributed by atoms with Crippen molar-refractivity contribution in [3.8, 4) is 0 Å². The van der Waals surface area contributed by atoms with Gasteiger partial charge in [-0.1, -0.05) is 6.07 Å². The molecule has 0 spiro atoms. The van der Waals surface area contributed by atoms with Crippen LogP contribution in [0.5, 0.6) is 0 Å². The Morgan fingerprint density at radius 3 is 2.62 bits per heavy atom. The molecular weight excluding hydrogens is 341 g/mol. The summed E-state index contributed by atoms with van der Waals surface area (Å²) >= 11 is 0. The molecule has 0 aliphatic carbocycles. The van der Waals surface area contributed by atoms with Crippen molar-refractivity contribution in [2.24, 2.45) is 0 Å². The van der Waals surface area contributed by atoms with Crippen LogP contribution in [0.2, 0.25) is 0 Å². The number of nitrogens with one attached hydrogen (secondary N) is 2. The van der Waals surface area contributed by atoms with E-state index in [9.17, 15) is 21.6 Å². The minimum atomic E-state index is -4.53. The number of rotatable bonds is 3. The molecular formula is C16H15F3N2O2S. The van der Waals surface area contributed by atoms with Crippen LogP contribution in [0.15, 0.2) is 47.4 Å². The SMILES string of the molecule is C[C@H]1Cc2cc(S(=O)(=O)Nc3cccc(C(F)(F)F)c3)ccc2N1. The maximum atomic E-state index is 12.7. The van der Waals surface area contributed by atoms with Crippen LogP contribution < -0.4 is 10.0 Å². The minimum absolute atomic E-state index is 0.0227. The fourth-order valence-electron chi connectivity index (χ4n) is 2.67. The lowest BCUT2D eigenvalue weighted by atomic mass is 10.1. The fraction of sp³-hybridized carbons (Fsp3) is 0.250. The molecule has 1 atom stereocenters. The van der Waals surface area contributed by atoms with Gasteiger partial charge in [-0.3, -0.25) is 4.72 Å². The van der Waals surface area contributed by atoms with Crippen LogP contribution in [0, 0.1) is 0 Å². The van der Waals surface area contributed by atoms with Crippen LogP contribution in [0.4, 0.5) is 24.5 Å². The third-order valence-electron chi connectivity index (χ3n) is 3.76. The normalized spacial score (nSPS) is 17.2. The third-order valence-corrected chi connectivity index (χ3v) is 5.14. The summed E-state index contributed by atoms with van der Waals surface area (Å²) in [6.45, 7) is 1.98. The van der Waals surface area contributed by atoms with E-state index in [1.807, 2.05) is 6.92 Å². The van der Waals surface area contributed by atoms with Gasteiger partial charge in [-0.15, -0.1) is 0 Å². The van der Waals surface area contributed by atoms with E-state index in [2.05, 4.69) is 10.0 Å². The molecule has 0 fully saturated rings. The van der Waals surface area contributed by atoms with Crippen molar-refractivity contribution < 1.29 is 21.6 Å². The first-order valence-corrected chi connectivity index (χ1v) is 8.73. The van der Waals surface area contributed by atoms with Crippen LogP contribution in [-0.4, -0.2) is 14.5 Å².